The van der Waals surface area contributed by atoms with Crippen molar-refractivity contribution >= 4 is 17.6 Å². The van der Waals surface area contributed by atoms with E-state index in [9.17, 15) is 9.59 Å². The standard InChI is InChI=1S/C25H23N3O4/c1-17-13-18(2)15-20(14-17)27-24(29)23(19-7-4-3-5-8-19)32-25(30)22-10-9-21(31-22)16-28-12-6-11-26-28/h3-15,23H,16H2,1-2H3,(H,27,29). The first-order valence-corrected chi connectivity index (χ1v) is 10.2. The molecule has 2 aromatic carbocycles. The Balaban J connectivity index is 1.52. The van der Waals surface area contributed by atoms with Crippen LogP contribution in [0.5, 0.6) is 0 Å². The van der Waals surface area contributed by atoms with Crippen molar-refractivity contribution < 1.29 is 18.7 Å². The van der Waals surface area contributed by atoms with Gasteiger partial charge in [0.05, 0.1) is 6.54 Å². The number of aromatic nitrogens is 2. The third kappa shape index (κ3) is 5.13. The summed E-state index contributed by atoms with van der Waals surface area (Å²) < 4.78 is 12.9. The predicted molar refractivity (Wildman–Crippen MR) is 119 cm³/mol. The average molecular weight is 429 g/mol. The molecule has 7 nitrogen and oxygen atoms in total. The summed E-state index contributed by atoms with van der Waals surface area (Å²) in [5.41, 5.74) is 3.25. The molecular formula is C25H23N3O4. The Morgan fingerprint density at radius 2 is 1.78 bits per heavy atom. The molecule has 32 heavy (non-hydrogen) atoms. The number of carbonyl (C=O) groups is 2. The fourth-order valence-electron chi connectivity index (χ4n) is 3.45. The van der Waals surface area contributed by atoms with Crippen LogP contribution in [0.1, 0.15) is 39.1 Å². The average Bonchev–Trinajstić information content (AvgIpc) is 3.44. The van der Waals surface area contributed by atoms with Gasteiger partial charge in [-0.15, -0.1) is 0 Å². The predicted octanol–water partition coefficient (Wildman–Crippen LogP) is 4.68. The Bertz CT molecular complexity index is 1190. The second-order valence-corrected chi connectivity index (χ2v) is 7.53. The normalized spacial score (nSPS) is 11.7. The Morgan fingerprint density at radius 1 is 1.03 bits per heavy atom. The van der Waals surface area contributed by atoms with Crippen molar-refractivity contribution in [3.8, 4) is 0 Å². The Hall–Kier alpha value is -4.13. The number of hydrogen-bond acceptors (Lipinski definition) is 5. The van der Waals surface area contributed by atoms with E-state index in [-0.39, 0.29) is 5.76 Å². The minimum atomic E-state index is -1.14. The molecule has 1 unspecified atom stereocenters. The first-order valence-electron chi connectivity index (χ1n) is 10.2. The summed E-state index contributed by atoms with van der Waals surface area (Å²) in [5.74, 6) is -0.595. The van der Waals surface area contributed by atoms with Crippen molar-refractivity contribution in [3.05, 3.63) is 107 Å². The van der Waals surface area contributed by atoms with Gasteiger partial charge in [-0.25, -0.2) is 4.79 Å². The van der Waals surface area contributed by atoms with Gasteiger partial charge in [-0.3, -0.25) is 9.48 Å². The fraction of sp³-hybridized carbons (Fsp3) is 0.160. The van der Waals surface area contributed by atoms with E-state index in [1.54, 1.807) is 53.5 Å². The van der Waals surface area contributed by atoms with Crippen LogP contribution in [-0.2, 0) is 16.1 Å². The molecule has 0 saturated carbocycles. The molecular weight excluding hydrogens is 406 g/mol. The molecule has 2 heterocycles. The summed E-state index contributed by atoms with van der Waals surface area (Å²) in [6, 6.07) is 19.7. The number of furan rings is 1. The summed E-state index contributed by atoms with van der Waals surface area (Å²) in [6.07, 6.45) is 2.32. The topological polar surface area (TPSA) is 86.4 Å². The quantitative estimate of drug-likeness (QED) is 0.431. The minimum Gasteiger partial charge on any atom is -0.452 e. The Labute approximate surface area is 185 Å². The highest BCUT2D eigenvalue weighted by Gasteiger charge is 2.27. The van der Waals surface area contributed by atoms with Gasteiger partial charge in [-0.1, -0.05) is 36.4 Å². The van der Waals surface area contributed by atoms with E-state index in [0.717, 1.165) is 11.1 Å². The van der Waals surface area contributed by atoms with Gasteiger partial charge in [0.15, 0.2) is 0 Å². The highest BCUT2D eigenvalue weighted by molar-refractivity contribution is 5.97. The molecule has 4 rings (SSSR count). The number of nitrogens with one attached hydrogen (secondary N) is 1. The minimum absolute atomic E-state index is 0.0206. The number of amides is 1. The van der Waals surface area contributed by atoms with Crippen molar-refractivity contribution in [1.29, 1.82) is 0 Å². The number of hydrogen-bond donors (Lipinski definition) is 1. The van der Waals surface area contributed by atoms with Crippen LogP contribution < -0.4 is 5.32 Å². The largest absolute Gasteiger partial charge is 0.452 e. The van der Waals surface area contributed by atoms with Crippen LogP contribution in [0.25, 0.3) is 0 Å². The third-order valence-electron chi connectivity index (χ3n) is 4.79. The number of ether oxygens (including phenoxy) is 1. The lowest BCUT2D eigenvalue weighted by molar-refractivity contribution is -0.125. The van der Waals surface area contributed by atoms with Crippen LogP contribution in [0, 0.1) is 13.8 Å². The van der Waals surface area contributed by atoms with E-state index in [4.69, 9.17) is 9.15 Å². The van der Waals surface area contributed by atoms with Crippen LogP contribution in [0.2, 0.25) is 0 Å². The second-order valence-electron chi connectivity index (χ2n) is 7.53. The lowest BCUT2D eigenvalue weighted by atomic mass is 10.1. The van der Waals surface area contributed by atoms with Crippen LogP contribution >= 0.6 is 0 Å². The van der Waals surface area contributed by atoms with Crippen molar-refractivity contribution in [2.45, 2.75) is 26.5 Å². The maximum atomic E-state index is 13.1. The summed E-state index contributed by atoms with van der Waals surface area (Å²) in [6.45, 7) is 4.29. The van der Waals surface area contributed by atoms with Crippen LogP contribution in [0.3, 0.4) is 0 Å². The zero-order chi connectivity index (χ0) is 22.5. The molecule has 0 aliphatic heterocycles. The SMILES string of the molecule is Cc1cc(C)cc(NC(=O)C(OC(=O)c2ccc(Cn3cccn3)o2)c2ccccc2)c1. The van der Waals surface area contributed by atoms with E-state index in [1.165, 1.54) is 6.07 Å². The van der Waals surface area contributed by atoms with Gasteiger partial charge in [-0.05, 0) is 55.3 Å². The zero-order valence-electron chi connectivity index (χ0n) is 17.8. The smallest absolute Gasteiger partial charge is 0.375 e. The molecule has 0 saturated heterocycles. The lowest BCUT2D eigenvalue weighted by Gasteiger charge is -2.18. The number of anilines is 1. The van der Waals surface area contributed by atoms with Gasteiger partial charge in [0.2, 0.25) is 11.9 Å². The van der Waals surface area contributed by atoms with E-state index in [1.807, 2.05) is 38.1 Å². The summed E-state index contributed by atoms with van der Waals surface area (Å²) in [5, 5.41) is 6.97. The highest BCUT2D eigenvalue weighted by atomic mass is 16.6. The van der Waals surface area contributed by atoms with Gasteiger partial charge in [0.1, 0.15) is 5.76 Å². The molecule has 4 aromatic rings. The number of esters is 1. The van der Waals surface area contributed by atoms with Crippen molar-refractivity contribution in [2.24, 2.45) is 0 Å². The molecule has 0 aliphatic rings. The Kier molecular flexibility index (Phi) is 6.17. The number of benzene rings is 2. The van der Waals surface area contributed by atoms with Crippen LogP contribution in [0.4, 0.5) is 5.69 Å². The second kappa shape index (κ2) is 9.34. The molecule has 1 N–H and O–H groups in total. The fourth-order valence-corrected chi connectivity index (χ4v) is 3.45. The summed E-state index contributed by atoms with van der Waals surface area (Å²) in [4.78, 5) is 25.9. The molecule has 7 heteroatoms. The molecule has 0 fully saturated rings. The summed E-state index contributed by atoms with van der Waals surface area (Å²) >= 11 is 0. The van der Waals surface area contributed by atoms with E-state index >= 15 is 0 Å². The van der Waals surface area contributed by atoms with E-state index < -0.39 is 18.0 Å². The first kappa shape index (κ1) is 21.1. The van der Waals surface area contributed by atoms with Crippen molar-refractivity contribution in [3.63, 3.8) is 0 Å². The van der Waals surface area contributed by atoms with Crippen LogP contribution in [-0.4, -0.2) is 21.7 Å². The number of aryl methyl sites for hydroxylation is 2. The lowest BCUT2D eigenvalue weighted by Crippen LogP contribution is -2.26. The number of nitrogens with zero attached hydrogens (tertiary/aromatic N) is 2. The first-order chi connectivity index (χ1) is 15.5. The van der Waals surface area contributed by atoms with E-state index in [0.29, 0.717) is 23.6 Å². The van der Waals surface area contributed by atoms with Gasteiger partial charge in [-0.2, -0.15) is 5.10 Å². The molecule has 2 aromatic heterocycles. The molecule has 0 bridgehead atoms. The van der Waals surface area contributed by atoms with Crippen molar-refractivity contribution in [1.82, 2.24) is 9.78 Å². The molecule has 162 valence electrons. The number of rotatable bonds is 7. The van der Waals surface area contributed by atoms with E-state index in [2.05, 4.69) is 10.4 Å². The van der Waals surface area contributed by atoms with Gasteiger partial charge >= 0.3 is 5.97 Å². The van der Waals surface area contributed by atoms with Gasteiger partial charge < -0.3 is 14.5 Å². The maximum absolute atomic E-state index is 13.1. The van der Waals surface area contributed by atoms with Crippen LogP contribution in [0.15, 0.2) is 83.5 Å². The zero-order valence-corrected chi connectivity index (χ0v) is 17.8. The molecule has 0 radical (unpaired) electrons. The molecule has 0 spiro atoms. The molecule has 0 aliphatic carbocycles. The molecule has 1 atom stereocenters. The third-order valence-corrected chi connectivity index (χ3v) is 4.79. The molecule has 1 amide bonds. The number of carbonyl (C=O) groups excluding carboxylic acids is 2. The van der Waals surface area contributed by atoms with Gasteiger partial charge in [0.25, 0.3) is 5.91 Å². The summed E-state index contributed by atoms with van der Waals surface area (Å²) in [7, 11) is 0. The highest BCUT2D eigenvalue weighted by Crippen LogP contribution is 2.23. The van der Waals surface area contributed by atoms with Gasteiger partial charge in [0, 0.05) is 23.6 Å². The van der Waals surface area contributed by atoms with Crippen molar-refractivity contribution in [2.75, 3.05) is 5.32 Å². The maximum Gasteiger partial charge on any atom is 0.375 e. The monoisotopic (exact) mass is 429 g/mol. The Morgan fingerprint density at radius 3 is 2.47 bits per heavy atom.